The first-order valence-corrected chi connectivity index (χ1v) is 22.0. The number of Topliss-reactive ketones (excluding diaryl/α,β-unsaturated/α-hetero) is 1. The van der Waals surface area contributed by atoms with Gasteiger partial charge in [0.1, 0.15) is 12.4 Å². The molecule has 0 N–H and O–H groups in total. The van der Waals surface area contributed by atoms with Crippen LogP contribution >= 0.6 is 11.6 Å². The number of carbonyl (C=O) groups is 2. The van der Waals surface area contributed by atoms with Gasteiger partial charge in [0.25, 0.3) is 5.91 Å². The molecule has 2 aromatic rings. The van der Waals surface area contributed by atoms with Crippen LogP contribution in [0, 0.1) is 17.8 Å². The van der Waals surface area contributed by atoms with E-state index in [4.69, 9.17) is 30.5 Å². The van der Waals surface area contributed by atoms with Crippen LogP contribution in [0.1, 0.15) is 95.1 Å². The van der Waals surface area contributed by atoms with Gasteiger partial charge in [-0.1, -0.05) is 64.4 Å². The van der Waals surface area contributed by atoms with Crippen molar-refractivity contribution in [2.75, 3.05) is 57.3 Å². The predicted molar refractivity (Wildman–Crippen MR) is 218 cm³/mol. The van der Waals surface area contributed by atoms with Gasteiger partial charge < -0.3 is 23.8 Å². The highest BCUT2D eigenvalue weighted by Gasteiger charge is 2.42. The van der Waals surface area contributed by atoms with Gasteiger partial charge in [0.15, 0.2) is 5.78 Å². The van der Waals surface area contributed by atoms with Crippen molar-refractivity contribution in [2.45, 2.75) is 103 Å². The fourth-order valence-corrected chi connectivity index (χ4v) is 10.8. The van der Waals surface area contributed by atoms with Crippen LogP contribution in [0.4, 0.5) is 5.69 Å². The van der Waals surface area contributed by atoms with Gasteiger partial charge in [-0.3, -0.25) is 9.59 Å². The minimum absolute atomic E-state index is 0.0741. The Morgan fingerprint density at radius 1 is 1.07 bits per heavy atom. The first-order chi connectivity index (χ1) is 25.9. The van der Waals surface area contributed by atoms with Gasteiger partial charge in [0.2, 0.25) is 0 Å². The molecule has 298 valence electrons. The molecule has 0 radical (unpaired) electrons. The van der Waals surface area contributed by atoms with Crippen LogP contribution in [-0.2, 0) is 40.6 Å². The number of nitrogens with zero attached hydrogens (tertiary/aromatic N) is 2. The number of hydrogen-bond donors (Lipinski definition) is 0. The molecule has 2 aromatic carbocycles. The average molecular weight is 785 g/mol. The normalized spacial score (nSPS) is 31.2. The Bertz CT molecular complexity index is 1770. The van der Waals surface area contributed by atoms with Crippen LogP contribution in [0.2, 0.25) is 5.02 Å². The third-order valence-electron chi connectivity index (χ3n) is 11.9. The zero-order valence-corrected chi connectivity index (χ0v) is 34.9. The summed E-state index contributed by atoms with van der Waals surface area (Å²) in [5.41, 5.74) is 3.38. The molecule has 11 heteroatoms. The first-order valence-electron chi connectivity index (χ1n) is 19.9. The number of methoxy groups -OCH3 is 1. The summed E-state index contributed by atoms with van der Waals surface area (Å²) in [6, 6.07) is 11.6. The lowest BCUT2D eigenvalue weighted by molar-refractivity contribution is -0.125. The summed E-state index contributed by atoms with van der Waals surface area (Å²) < 4.78 is 43.3. The average Bonchev–Trinajstić information content (AvgIpc) is 3.32. The van der Waals surface area contributed by atoms with E-state index in [2.05, 4.69) is 47.4 Å². The third kappa shape index (κ3) is 9.78. The molecule has 4 aliphatic rings. The summed E-state index contributed by atoms with van der Waals surface area (Å²) >= 11 is 6.46. The molecule has 1 saturated heterocycles. The lowest BCUT2D eigenvalue weighted by Crippen LogP contribution is -2.47. The van der Waals surface area contributed by atoms with Gasteiger partial charge in [-0.15, -0.1) is 0 Å². The number of amides is 1. The number of ketones is 1. The van der Waals surface area contributed by atoms with Gasteiger partial charge in [0.05, 0.1) is 40.0 Å². The maximum absolute atomic E-state index is 14.9. The number of rotatable bonds is 6. The number of anilines is 1. The molecule has 1 aliphatic carbocycles. The van der Waals surface area contributed by atoms with E-state index in [1.165, 1.54) is 11.1 Å². The third-order valence-corrected chi connectivity index (χ3v) is 15.0. The highest BCUT2D eigenvalue weighted by Crippen LogP contribution is 2.45. The SMILES string of the molecule is CC.CO[C@H]1/C=C/C[C@H](C)[C@@H](C)[S@@](=O)(CC(=O)COC2CCOCC2)=NC(=O)c2ccc3c(c2)N(C[C@H](C)[C@H]1C)C[C@@]1(CCCc2cc(Cl)ccc21)CO3. The topological polar surface area (TPSA) is 104 Å². The second-order valence-electron chi connectivity index (χ2n) is 15.6. The monoisotopic (exact) mass is 784 g/mol. The van der Waals surface area contributed by atoms with E-state index >= 15 is 0 Å². The summed E-state index contributed by atoms with van der Waals surface area (Å²) in [4.78, 5) is 29.8. The molecule has 3 aliphatic heterocycles. The zero-order chi connectivity index (χ0) is 39.0. The highest BCUT2D eigenvalue weighted by molar-refractivity contribution is 7.95. The quantitative estimate of drug-likeness (QED) is 0.269. The van der Waals surface area contributed by atoms with E-state index in [1.807, 2.05) is 45.9 Å². The summed E-state index contributed by atoms with van der Waals surface area (Å²) in [5, 5.41) is 0.194. The summed E-state index contributed by atoms with van der Waals surface area (Å²) in [7, 11) is -1.59. The molecule has 1 spiro atoms. The smallest absolute Gasteiger partial charge is 0.285 e. The lowest BCUT2D eigenvalue weighted by atomic mass is 9.70. The Morgan fingerprint density at radius 2 is 1.83 bits per heavy atom. The summed E-state index contributed by atoms with van der Waals surface area (Å²) in [5.74, 6) is -0.305. The minimum atomic E-state index is -3.33. The van der Waals surface area contributed by atoms with Crippen molar-refractivity contribution in [3.8, 4) is 5.75 Å². The standard InChI is InChI=1S/C41H55ClN2O7S.C2H6/c1-27-8-6-10-38(48-5)29(3)28(2)22-44-25-41(17-7-9-31-20-33(42)12-13-36(31)41)26-51-39-14-11-32(21-37(39)44)40(46)43-52(47,30(27)4)24-34(45)23-50-35-15-18-49-19-16-35;1-2/h6,10-14,20-21,27-30,35,38H,7-9,15-19,22-26H2,1-5H3;1-2H3/b10-6+;/t27-,28-,29+,30+,38-,41-,52-;/m0./s1. The number of carbonyl (C=O) groups excluding carboxylic acids is 2. The van der Waals surface area contributed by atoms with Gasteiger partial charge in [0, 0.05) is 54.7 Å². The molecule has 0 unspecified atom stereocenters. The number of fused-ring (bicyclic) bond motifs is 3. The van der Waals surface area contributed by atoms with Gasteiger partial charge in [-0.05, 0) is 105 Å². The Balaban J connectivity index is 0.00000276. The number of aryl methyl sites for hydroxylation is 1. The Hall–Kier alpha value is -2.76. The van der Waals surface area contributed by atoms with Crippen molar-refractivity contribution in [1.82, 2.24) is 0 Å². The Labute approximate surface area is 328 Å². The van der Waals surface area contributed by atoms with Crippen molar-refractivity contribution in [1.29, 1.82) is 0 Å². The molecule has 2 bridgehead atoms. The van der Waals surface area contributed by atoms with Gasteiger partial charge in [-0.2, -0.15) is 4.36 Å². The molecule has 0 aromatic heterocycles. The second kappa shape index (κ2) is 18.9. The zero-order valence-electron chi connectivity index (χ0n) is 33.3. The number of halogens is 1. The van der Waals surface area contributed by atoms with Crippen molar-refractivity contribution >= 4 is 38.7 Å². The highest BCUT2D eigenvalue weighted by atomic mass is 35.5. The van der Waals surface area contributed by atoms with Crippen LogP contribution in [0.3, 0.4) is 0 Å². The second-order valence-corrected chi connectivity index (χ2v) is 18.6. The van der Waals surface area contributed by atoms with Crippen molar-refractivity contribution in [3.05, 3.63) is 70.3 Å². The molecule has 6 rings (SSSR count). The van der Waals surface area contributed by atoms with Crippen LogP contribution in [-0.4, -0.2) is 85.7 Å². The van der Waals surface area contributed by atoms with Crippen LogP contribution in [0.25, 0.3) is 0 Å². The van der Waals surface area contributed by atoms with E-state index < -0.39 is 20.9 Å². The molecule has 0 saturated carbocycles. The van der Waals surface area contributed by atoms with Crippen LogP contribution in [0.15, 0.2) is 52.9 Å². The molecule has 54 heavy (non-hydrogen) atoms. The first kappa shape index (κ1) is 42.4. The van der Waals surface area contributed by atoms with E-state index in [0.29, 0.717) is 63.5 Å². The van der Waals surface area contributed by atoms with E-state index in [1.54, 1.807) is 13.2 Å². The van der Waals surface area contributed by atoms with Crippen molar-refractivity contribution in [3.63, 3.8) is 0 Å². The van der Waals surface area contributed by atoms with Crippen molar-refractivity contribution < 1.29 is 32.7 Å². The number of benzene rings is 2. The van der Waals surface area contributed by atoms with E-state index in [-0.39, 0.29) is 53.5 Å². The Morgan fingerprint density at radius 3 is 2.57 bits per heavy atom. The number of ether oxygens (including phenoxy) is 4. The molecule has 9 nitrogen and oxygen atoms in total. The number of hydrogen-bond acceptors (Lipinski definition) is 8. The molecule has 3 heterocycles. The minimum Gasteiger partial charge on any atom is -0.490 e. The molecule has 1 fully saturated rings. The van der Waals surface area contributed by atoms with Crippen molar-refractivity contribution in [2.24, 2.45) is 22.1 Å². The fraction of sp³-hybridized carbons (Fsp3) is 0.628. The van der Waals surface area contributed by atoms with Crippen LogP contribution in [0.5, 0.6) is 5.75 Å². The molecular weight excluding hydrogens is 724 g/mol. The maximum Gasteiger partial charge on any atom is 0.285 e. The largest absolute Gasteiger partial charge is 0.490 e. The van der Waals surface area contributed by atoms with E-state index in [9.17, 15) is 13.8 Å². The Kier molecular flexibility index (Phi) is 14.8. The lowest BCUT2D eigenvalue weighted by Gasteiger charge is -2.42. The van der Waals surface area contributed by atoms with Gasteiger partial charge in [-0.25, -0.2) is 4.21 Å². The maximum atomic E-state index is 14.9. The van der Waals surface area contributed by atoms with Crippen LogP contribution < -0.4 is 9.64 Å². The van der Waals surface area contributed by atoms with E-state index in [0.717, 1.165) is 30.0 Å². The fourth-order valence-electron chi connectivity index (χ4n) is 8.30. The molecule has 7 atom stereocenters. The number of allylic oxidation sites excluding steroid dienone is 1. The summed E-state index contributed by atoms with van der Waals surface area (Å²) in [6.07, 6.45) is 8.97. The van der Waals surface area contributed by atoms with Gasteiger partial charge >= 0.3 is 0 Å². The summed E-state index contributed by atoms with van der Waals surface area (Å²) in [6.45, 7) is 15.2. The molecular formula is C43H61ClN2O7S. The molecule has 1 amide bonds. The predicted octanol–water partition coefficient (Wildman–Crippen LogP) is 8.48.